The summed E-state index contributed by atoms with van der Waals surface area (Å²) in [6.07, 6.45) is 3.70. The van der Waals surface area contributed by atoms with Crippen molar-refractivity contribution in [2.24, 2.45) is 0 Å². The molecule has 0 unspecified atom stereocenters. The SMILES string of the molecule is c1ccc2nc(-c3ccc(-c4nc(-c5ccc(-c6cnc7ccccc7n6)cc5)c5cc(-c6ccc7c8ccccc8c8ccccc8c7c6)cc(-c6ccc7c8ccccc8c8ccccc8c7c6)c5n4)cc3)cnc2c1. The minimum absolute atomic E-state index is 0.619. The average Bonchev–Trinajstić information content (AvgIpc) is 3.71. The van der Waals surface area contributed by atoms with Crippen LogP contribution >= 0.6 is 0 Å². The van der Waals surface area contributed by atoms with E-state index in [1.54, 1.807) is 0 Å². The number of fused-ring (bicyclic) bond motifs is 15. The van der Waals surface area contributed by atoms with Crippen LogP contribution in [-0.2, 0) is 0 Å². The van der Waals surface area contributed by atoms with Crippen molar-refractivity contribution in [1.82, 2.24) is 29.9 Å². The lowest BCUT2D eigenvalue weighted by Crippen LogP contribution is -1.98. The number of nitrogens with zero attached hydrogens (tertiary/aromatic N) is 6. The normalized spacial score (nSPS) is 11.8. The van der Waals surface area contributed by atoms with Crippen LogP contribution in [0.1, 0.15) is 0 Å². The number of benzene rings is 13. The fourth-order valence-electron chi connectivity index (χ4n) is 11.9. The summed E-state index contributed by atoms with van der Waals surface area (Å²) in [6, 6.07) is 86.6. The molecule has 0 amide bonds. The van der Waals surface area contributed by atoms with E-state index in [-0.39, 0.29) is 0 Å². The first-order chi connectivity index (χ1) is 38.6. The third-order valence-electron chi connectivity index (χ3n) is 15.7. The van der Waals surface area contributed by atoms with Crippen LogP contribution in [0.2, 0.25) is 0 Å². The van der Waals surface area contributed by atoms with E-state index in [1.807, 2.05) is 60.9 Å². The molecule has 3 aromatic heterocycles. The number of rotatable bonds is 6. The van der Waals surface area contributed by atoms with Gasteiger partial charge < -0.3 is 0 Å². The molecular formula is C72H42N6. The minimum atomic E-state index is 0.619. The Bertz CT molecular complexity index is 5080. The zero-order chi connectivity index (χ0) is 51.3. The van der Waals surface area contributed by atoms with Gasteiger partial charge in [0.2, 0.25) is 0 Å². The van der Waals surface area contributed by atoms with Gasteiger partial charge in [0.1, 0.15) is 0 Å². The maximum absolute atomic E-state index is 5.64. The van der Waals surface area contributed by atoms with Gasteiger partial charge in [0.15, 0.2) is 5.82 Å². The molecule has 0 saturated carbocycles. The third-order valence-corrected chi connectivity index (χ3v) is 15.7. The molecule has 0 N–H and O–H groups in total. The van der Waals surface area contributed by atoms with Gasteiger partial charge in [-0.15, -0.1) is 0 Å². The van der Waals surface area contributed by atoms with Crippen molar-refractivity contribution in [3.63, 3.8) is 0 Å². The highest BCUT2D eigenvalue weighted by atomic mass is 14.9. The maximum Gasteiger partial charge on any atom is 0.160 e. The largest absolute Gasteiger partial charge is 0.252 e. The predicted octanol–water partition coefficient (Wildman–Crippen LogP) is 18.4. The lowest BCUT2D eigenvalue weighted by Gasteiger charge is -2.17. The number of hydrogen-bond donors (Lipinski definition) is 0. The van der Waals surface area contributed by atoms with Crippen LogP contribution in [0.4, 0.5) is 0 Å². The van der Waals surface area contributed by atoms with E-state index in [9.17, 15) is 0 Å². The van der Waals surface area contributed by atoms with Gasteiger partial charge in [-0.25, -0.2) is 19.9 Å². The molecule has 0 radical (unpaired) electrons. The molecule has 3 heterocycles. The third kappa shape index (κ3) is 7.11. The Hall–Kier alpha value is -10.6. The van der Waals surface area contributed by atoms with Gasteiger partial charge in [-0.1, -0.05) is 194 Å². The van der Waals surface area contributed by atoms with Gasteiger partial charge in [0, 0.05) is 33.2 Å². The summed E-state index contributed by atoms with van der Waals surface area (Å²) in [5.74, 6) is 0.619. The van der Waals surface area contributed by atoms with Crippen LogP contribution in [0.3, 0.4) is 0 Å². The Balaban J connectivity index is 0.955. The molecule has 0 spiro atoms. The quantitative estimate of drug-likeness (QED) is 0.155. The summed E-state index contributed by atoms with van der Waals surface area (Å²) in [5, 5.41) is 15.7. The Kier molecular flexibility index (Phi) is 9.84. The van der Waals surface area contributed by atoms with Gasteiger partial charge in [0.05, 0.1) is 57.1 Å². The maximum atomic E-state index is 5.64. The molecule has 6 nitrogen and oxygen atoms in total. The second-order valence-corrected chi connectivity index (χ2v) is 20.2. The van der Waals surface area contributed by atoms with Gasteiger partial charge >= 0.3 is 0 Å². The number of aromatic nitrogens is 6. The van der Waals surface area contributed by atoms with Crippen molar-refractivity contribution >= 4 is 97.6 Å². The smallest absolute Gasteiger partial charge is 0.160 e. The van der Waals surface area contributed by atoms with E-state index in [0.717, 1.165) is 94.6 Å². The Morgan fingerprint density at radius 1 is 0.218 bits per heavy atom. The fourth-order valence-corrected chi connectivity index (χ4v) is 11.9. The van der Waals surface area contributed by atoms with Crippen LogP contribution in [0.15, 0.2) is 255 Å². The molecule has 0 fully saturated rings. The van der Waals surface area contributed by atoms with Crippen molar-refractivity contribution in [1.29, 1.82) is 0 Å². The molecule has 0 atom stereocenters. The number of hydrogen-bond acceptors (Lipinski definition) is 6. The molecule has 0 saturated heterocycles. The first kappa shape index (κ1) is 43.8. The van der Waals surface area contributed by atoms with Crippen LogP contribution in [-0.4, -0.2) is 29.9 Å². The van der Waals surface area contributed by atoms with Crippen molar-refractivity contribution in [2.45, 2.75) is 0 Å². The second kappa shape index (κ2) is 17.5. The van der Waals surface area contributed by atoms with E-state index >= 15 is 0 Å². The van der Waals surface area contributed by atoms with E-state index in [0.29, 0.717) is 5.82 Å². The summed E-state index contributed by atoms with van der Waals surface area (Å²) in [4.78, 5) is 30.7. The highest BCUT2D eigenvalue weighted by molar-refractivity contribution is 6.27. The molecule has 360 valence electrons. The first-order valence-corrected chi connectivity index (χ1v) is 26.3. The molecule has 16 rings (SSSR count). The van der Waals surface area contributed by atoms with Crippen LogP contribution < -0.4 is 0 Å². The fraction of sp³-hybridized carbons (Fsp3) is 0. The van der Waals surface area contributed by atoms with E-state index < -0.39 is 0 Å². The predicted molar refractivity (Wildman–Crippen MR) is 323 cm³/mol. The molecule has 0 aliphatic rings. The molecule has 0 aliphatic heterocycles. The molecule has 0 aliphatic carbocycles. The van der Waals surface area contributed by atoms with E-state index in [4.69, 9.17) is 29.9 Å². The monoisotopic (exact) mass is 990 g/mol. The Morgan fingerprint density at radius 2 is 0.577 bits per heavy atom. The molecule has 16 aromatic rings. The molecule has 78 heavy (non-hydrogen) atoms. The summed E-state index contributed by atoms with van der Waals surface area (Å²) in [5.41, 5.74) is 14.8. The van der Waals surface area contributed by atoms with Crippen molar-refractivity contribution in [3.05, 3.63) is 255 Å². The zero-order valence-electron chi connectivity index (χ0n) is 41.9. The lowest BCUT2D eigenvalue weighted by molar-refractivity contribution is 1.23. The summed E-state index contributed by atoms with van der Waals surface area (Å²) >= 11 is 0. The van der Waals surface area contributed by atoms with Gasteiger partial charge in [-0.3, -0.25) is 9.97 Å². The second-order valence-electron chi connectivity index (χ2n) is 20.2. The van der Waals surface area contributed by atoms with Crippen molar-refractivity contribution < 1.29 is 0 Å². The van der Waals surface area contributed by atoms with E-state index in [2.05, 4.69) is 194 Å². The van der Waals surface area contributed by atoms with Crippen molar-refractivity contribution in [3.8, 4) is 67.4 Å². The summed E-state index contributed by atoms with van der Waals surface area (Å²) in [6.45, 7) is 0. The molecule has 13 aromatic carbocycles. The molecule has 0 bridgehead atoms. The average molecular weight is 991 g/mol. The Labute approximate surface area is 447 Å². The van der Waals surface area contributed by atoms with Crippen LogP contribution in [0, 0.1) is 0 Å². The molecule has 6 heteroatoms. The zero-order valence-corrected chi connectivity index (χ0v) is 41.9. The lowest BCUT2D eigenvalue weighted by atomic mass is 9.88. The minimum Gasteiger partial charge on any atom is -0.252 e. The molecular weight excluding hydrogens is 949 g/mol. The highest BCUT2D eigenvalue weighted by Gasteiger charge is 2.21. The van der Waals surface area contributed by atoms with Gasteiger partial charge in [-0.2, -0.15) is 0 Å². The van der Waals surface area contributed by atoms with Crippen molar-refractivity contribution in [2.75, 3.05) is 0 Å². The number of para-hydroxylation sites is 4. The van der Waals surface area contributed by atoms with Crippen LogP contribution in [0.25, 0.3) is 165 Å². The van der Waals surface area contributed by atoms with Crippen LogP contribution in [0.5, 0.6) is 0 Å². The highest BCUT2D eigenvalue weighted by Crippen LogP contribution is 2.44. The standard InChI is InChI=1S/C72H42N6/c1-3-17-54-50(13-1)52-15-5-7-19-56(52)61-37-47(33-35-58(54)61)49-39-60(48-34-36-59-55-18-4-2-14-51(55)53-16-6-8-20-57(53)62(59)38-48)71-63(40-49)70(45-29-25-43(26-30-45)68-41-73-64-21-9-11-23-66(64)75-68)77-72(78-71)46-31-27-44(28-32-46)69-42-74-65-22-10-12-24-67(65)76-69/h1-42H. The van der Waals surface area contributed by atoms with Gasteiger partial charge in [0.25, 0.3) is 0 Å². The first-order valence-electron chi connectivity index (χ1n) is 26.3. The Morgan fingerprint density at radius 3 is 1.06 bits per heavy atom. The summed E-state index contributed by atoms with van der Waals surface area (Å²) in [7, 11) is 0. The summed E-state index contributed by atoms with van der Waals surface area (Å²) < 4.78 is 0. The van der Waals surface area contributed by atoms with Gasteiger partial charge in [-0.05, 0) is 130 Å². The topological polar surface area (TPSA) is 77.3 Å². The van der Waals surface area contributed by atoms with E-state index in [1.165, 1.54) is 64.6 Å².